The molecule has 2 aromatic heterocycles. The first-order valence-corrected chi connectivity index (χ1v) is 8.59. The van der Waals surface area contributed by atoms with E-state index >= 15 is 0 Å². The van der Waals surface area contributed by atoms with Crippen molar-refractivity contribution in [3.05, 3.63) is 53.8 Å². The highest BCUT2D eigenvalue weighted by molar-refractivity contribution is 5.80. The second-order valence-electron chi connectivity index (χ2n) is 6.84. The van der Waals surface area contributed by atoms with Crippen molar-refractivity contribution in [1.29, 1.82) is 0 Å². The van der Waals surface area contributed by atoms with Crippen LogP contribution in [0.5, 0.6) is 0 Å². The van der Waals surface area contributed by atoms with Gasteiger partial charge in [0.15, 0.2) is 0 Å². The number of aromatic nitrogens is 2. The molecule has 3 aromatic rings. The molecule has 5 nitrogen and oxygen atoms in total. The van der Waals surface area contributed by atoms with E-state index in [0.717, 1.165) is 34.5 Å². The van der Waals surface area contributed by atoms with Crippen LogP contribution < -0.4 is 0 Å². The fourth-order valence-corrected chi connectivity index (χ4v) is 3.66. The molecular weight excluding hydrogens is 302 g/mol. The number of hydrogen-bond donors (Lipinski definition) is 1. The quantitative estimate of drug-likeness (QED) is 0.804. The molecule has 5 rings (SSSR count). The normalized spacial score (nSPS) is 20.3. The number of rotatable bonds is 3. The Bertz CT molecular complexity index is 873. The maximum Gasteiger partial charge on any atom is 0.223 e. The van der Waals surface area contributed by atoms with Crippen LogP contribution in [0.4, 0.5) is 0 Å². The topological polar surface area (TPSA) is 62.1 Å². The van der Waals surface area contributed by atoms with Crippen LogP contribution in [0.2, 0.25) is 0 Å². The Balaban J connectivity index is 1.58. The lowest BCUT2D eigenvalue weighted by molar-refractivity contribution is -0.134. The van der Waals surface area contributed by atoms with Crippen molar-refractivity contribution in [2.45, 2.75) is 31.7 Å². The predicted molar refractivity (Wildman–Crippen MR) is 89.4 cm³/mol. The molecule has 1 N–H and O–H groups in total. The van der Waals surface area contributed by atoms with Gasteiger partial charge >= 0.3 is 0 Å². The van der Waals surface area contributed by atoms with Gasteiger partial charge in [-0.05, 0) is 30.9 Å². The molecule has 2 aliphatic rings. The van der Waals surface area contributed by atoms with Gasteiger partial charge in [0.2, 0.25) is 5.91 Å². The van der Waals surface area contributed by atoms with Crippen molar-refractivity contribution < 1.29 is 9.21 Å². The van der Waals surface area contributed by atoms with Crippen molar-refractivity contribution in [1.82, 2.24) is 14.9 Å². The number of nitrogens with zero attached hydrogens (tertiary/aromatic N) is 2. The van der Waals surface area contributed by atoms with Crippen molar-refractivity contribution in [3.8, 4) is 0 Å². The molecule has 5 heteroatoms. The average Bonchev–Trinajstić information content (AvgIpc) is 3.12. The van der Waals surface area contributed by atoms with Crippen molar-refractivity contribution in [2.24, 2.45) is 5.92 Å². The average molecular weight is 321 g/mol. The molecule has 1 saturated carbocycles. The molecule has 1 atom stereocenters. The van der Waals surface area contributed by atoms with Gasteiger partial charge in [-0.15, -0.1) is 0 Å². The largest absolute Gasteiger partial charge is 0.458 e. The SMILES string of the molecule is O=C(CC1CC1)N1CCc2[nH]cnc2[C@H]1c1cc2ccccc2o1. The summed E-state index contributed by atoms with van der Waals surface area (Å²) in [4.78, 5) is 22.5. The van der Waals surface area contributed by atoms with E-state index in [2.05, 4.69) is 9.97 Å². The summed E-state index contributed by atoms with van der Waals surface area (Å²) in [7, 11) is 0. The summed E-state index contributed by atoms with van der Waals surface area (Å²) in [5, 5.41) is 1.06. The Morgan fingerprint density at radius 1 is 1.33 bits per heavy atom. The standard InChI is InChI=1S/C19H19N3O2/c23-17(9-12-5-6-12)22-8-7-14-18(21-11-20-14)19(22)16-10-13-3-1-2-4-15(13)24-16/h1-4,10-12,19H,5-9H2,(H,20,21)/t19-/m1/s1. The highest BCUT2D eigenvalue weighted by atomic mass is 16.3. The predicted octanol–water partition coefficient (Wildman–Crippen LogP) is 3.43. The third-order valence-corrected chi connectivity index (χ3v) is 5.12. The molecule has 1 aliphatic heterocycles. The fraction of sp³-hybridized carbons (Fsp3) is 0.368. The van der Waals surface area contributed by atoms with E-state index in [-0.39, 0.29) is 11.9 Å². The Kier molecular flexibility index (Phi) is 3.01. The Morgan fingerprint density at radius 2 is 2.21 bits per heavy atom. The van der Waals surface area contributed by atoms with Gasteiger partial charge in [-0.25, -0.2) is 4.98 Å². The zero-order chi connectivity index (χ0) is 16.1. The minimum Gasteiger partial charge on any atom is -0.458 e. The minimum atomic E-state index is -0.223. The maximum absolute atomic E-state index is 12.8. The van der Waals surface area contributed by atoms with Crippen molar-refractivity contribution in [3.63, 3.8) is 0 Å². The molecular formula is C19H19N3O2. The number of fused-ring (bicyclic) bond motifs is 2. The number of furan rings is 1. The highest BCUT2D eigenvalue weighted by Gasteiger charge is 2.37. The van der Waals surface area contributed by atoms with Crippen LogP contribution in [-0.2, 0) is 11.2 Å². The van der Waals surface area contributed by atoms with Gasteiger partial charge in [0.25, 0.3) is 0 Å². The monoisotopic (exact) mass is 321 g/mol. The van der Waals surface area contributed by atoms with Crippen molar-refractivity contribution >= 4 is 16.9 Å². The van der Waals surface area contributed by atoms with Gasteiger partial charge in [0, 0.05) is 30.5 Å². The van der Waals surface area contributed by atoms with Crippen LogP contribution in [0.15, 0.2) is 41.1 Å². The molecule has 0 bridgehead atoms. The molecule has 0 unspecified atom stereocenters. The van der Waals surface area contributed by atoms with E-state index in [1.165, 1.54) is 12.8 Å². The summed E-state index contributed by atoms with van der Waals surface area (Å²) in [6, 6.07) is 9.78. The Morgan fingerprint density at radius 3 is 3.04 bits per heavy atom. The third-order valence-electron chi connectivity index (χ3n) is 5.12. The summed E-state index contributed by atoms with van der Waals surface area (Å²) < 4.78 is 6.09. The van der Waals surface area contributed by atoms with Gasteiger partial charge in [0.05, 0.1) is 12.0 Å². The molecule has 24 heavy (non-hydrogen) atoms. The van der Waals surface area contributed by atoms with Crippen LogP contribution >= 0.6 is 0 Å². The first kappa shape index (κ1) is 13.8. The maximum atomic E-state index is 12.8. The van der Waals surface area contributed by atoms with Crippen LogP contribution in [0, 0.1) is 5.92 Å². The van der Waals surface area contributed by atoms with E-state index in [1.807, 2.05) is 35.2 Å². The lowest BCUT2D eigenvalue weighted by Crippen LogP contribution is -2.40. The summed E-state index contributed by atoms with van der Waals surface area (Å²) in [5.74, 6) is 1.60. The molecule has 0 radical (unpaired) electrons. The lowest BCUT2D eigenvalue weighted by Gasteiger charge is -2.33. The number of aromatic amines is 1. The first-order chi connectivity index (χ1) is 11.8. The number of imidazole rings is 1. The summed E-state index contributed by atoms with van der Waals surface area (Å²) >= 11 is 0. The van der Waals surface area contributed by atoms with E-state index in [0.29, 0.717) is 18.9 Å². The minimum absolute atomic E-state index is 0.219. The van der Waals surface area contributed by atoms with E-state index in [1.54, 1.807) is 6.33 Å². The number of hydrogen-bond acceptors (Lipinski definition) is 3. The number of nitrogens with one attached hydrogen (secondary N) is 1. The van der Waals surface area contributed by atoms with Crippen LogP contribution in [0.25, 0.3) is 11.0 Å². The van der Waals surface area contributed by atoms with Gasteiger partial charge in [-0.2, -0.15) is 0 Å². The number of carbonyl (C=O) groups is 1. The van der Waals surface area contributed by atoms with E-state index < -0.39 is 0 Å². The molecule has 1 aliphatic carbocycles. The Labute approximate surface area is 139 Å². The number of benzene rings is 1. The molecule has 0 saturated heterocycles. The molecule has 0 spiro atoms. The van der Waals surface area contributed by atoms with Gasteiger partial charge in [0.1, 0.15) is 17.4 Å². The van der Waals surface area contributed by atoms with Gasteiger partial charge in [-0.1, -0.05) is 18.2 Å². The zero-order valence-electron chi connectivity index (χ0n) is 13.4. The number of amides is 1. The summed E-state index contributed by atoms with van der Waals surface area (Å²) in [6.45, 7) is 0.711. The van der Waals surface area contributed by atoms with Crippen molar-refractivity contribution in [2.75, 3.05) is 6.54 Å². The fourth-order valence-electron chi connectivity index (χ4n) is 3.66. The number of para-hydroxylation sites is 1. The number of H-pyrrole nitrogens is 1. The van der Waals surface area contributed by atoms with E-state index in [4.69, 9.17) is 4.42 Å². The zero-order valence-corrected chi connectivity index (χ0v) is 13.4. The lowest BCUT2D eigenvalue weighted by atomic mass is 9.99. The van der Waals surface area contributed by atoms with Gasteiger partial charge in [-0.3, -0.25) is 4.79 Å². The van der Waals surface area contributed by atoms with Crippen LogP contribution in [-0.4, -0.2) is 27.3 Å². The molecule has 1 amide bonds. The molecule has 1 aromatic carbocycles. The molecule has 3 heterocycles. The second-order valence-corrected chi connectivity index (χ2v) is 6.84. The number of carbonyl (C=O) groups excluding carboxylic acids is 1. The Hall–Kier alpha value is -2.56. The van der Waals surface area contributed by atoms with Crippen LogP contribution in [0.3, 0.4) is 0 Å². The smallest absolute Gasteiger partial charge is 0.223 e. The molecule has 1 fully saturated rings. The first-order valence-electron chi connectivity index (χ1n) is 8.59. The summed E-state index contributed by atoms with van der Waals surface area (Å²) in [5.41, 5.74) is 2.88. The second kappa shape index (κ2) is 5.23. The third kappa shape index (κ3) is 2.23. The highest BCUT2D eigenvalue weighted by Crippen LogP contribution is 2.39. The summed E-state index contributed by atoms with van der Waals surface area (Å²) in [6.07, 6.45) is 5.55. The van der Waals surface area contributed by atoms with Crippen LogP contribution in [0.1, 0.15) is 42.5 Å². The molecule has 122 valence electrons. The van der Waals surface area contributed by atoms with Gasteiger partial charge < -0.3 is 14.3 Å². The van der Waals surface area contributed by atoms with E-state index in [9.17, 15) is 4.79 Å².